The quantitative estimate of drug-likeness (QED) is 0.938. The molecule has 0 radical (unpaired) electrons. The molecule has 0 bridgehead atoms. The van der Waals surface area contributed by atoms with Gasteiger partial charge in [0.2, 0.25) is 0 Å². The fourth-order valence-corrected chi connectivity index (χ4v) is 3.42. The molecule has 0 atom stereocenters. The highest BCUT2D eigenvalue weighted by Crippen LogP contribution is 2.20. The van der Waals surface area contributed by atoms with E-state index in [9.17, 15) is 8.42 Å². The molecule has 1 heterocycles. The van der Waals surface area contributed by atoms with Crippen molar-refractivity contribution in [1.29, 1.82) is 0 Å². The van der Waals surface area contributed by atoms with Gasteiger partial charge in [0, 0.05) is 5.38 Å². The molecule has 6 heteroatoms. The van der Waals surface area contributed by atoms with Crippen LogP contribution < -0.4 is 4.72 Å². The minimum atomic E-state index is -3.53. The van der Waals surface area contributed by atoms with Crippen LogP contribution in [0.15, 0.2) is 34.5 Å². The Balaban J connectivity index is 2.24. The molecule has 2 rings (SSSR count). The van der Waals surface area contributed by atoms with Gasteiger partial charge in [-0.1, -0.05) is 19.1 Å². The number of aromatic nitrogens is 1. The molecule has 0 fully saturated rings. The van der Waals surface area contributed by atoms with E-state index in [-0.39, 0.29) is 4.90 Å². The van der Waals surface area contributed by atoms with E-state index in [0.29, 0.717) is 5.13 Å². The topological polar surface area (TPSA) is 59.1 Å². The van der Waals surface area contributed by atoms with Crippen LogP contribution in [0.25, 0.3) is 0 Å². The second-order valence-electron chi connectivity index (χ2n) is 3.90. The first-order valence-electron chi connectivity index (χ1n) is 5.55. The van der Waals surface area contributed by atoms with Crippen molar-refractivity contribution < 1.29 is 8.42 Å². The smallest absolute Gasteiger partial charge is 0.255 e. The van der Waals surface area contributed by atoms with Crippen molar-refractivity contribution in [1.82, 2.24) is 4.98 Å². The average Bonchev–Trinajstić information content (AvgIpc) is 2.74. The van der Waals surface area contributed by atoms with Gasteiger partial charge in [0.1, 0.15) is 0 Å². The Hall–Kier alpha value is -1.40. The van der Waals surface area contributed by atoms with Crippen molar-refractivity contribution >= 4 is 26.5 Å². The van der Waals surface area contributed by atoms with E-state index in [4.69, 9.17) is 0 Å². The summed E-state index contributed by atoms with van der Waals surface area (Å²) in [4.78, 5) is 4.34. The monoisotopic (exact) mass is 282 g/mol. The highest BCUT2D eigenvalue weighted by molar-refractivity contribution is 7.93. The van der Waals surface area contributed by atoms with Gasteiger partial charge in [0.15, 0.2) is 5.13 Å². The Morgan fingerprint density at radius 3 is 2.44 bits per heavy atom. The molecule has 1 aromatic carbocycles. The SMILES string of the molecule is CCc1ccc(S(=O)(=O)Nc2nc(C)cs2)cc1. The summed E-state index contributed by atoms with van der Waals surface area (Å²) >= 11 is 1.28. The predicted molar refractivity (Wildman–Crippen MR) is 73.5 cm³/mol. The van der Waals surface area contributed by atoms with Crippen molar-refractivity contribution in [3.05, 3.63) is 40.9 Å². The van der Waals surface area contributed by atoms with Gasteiger partial charge in [-0.05, 0) is 31.0 Å². The number of anilines is 1. The van der Waals surface area contributed by atoms with Crippen LogP contribution in [-0.4, -0.2) is 13.4 Å². The first kappa shape index (κ1) is 13.0. The highest BCUT2D eigenvalue weighted by Gasteiger charge is 2.15. The Labute approximate surface area is 111 Å². The van der Waals surface area contributed by atoms with Crippen LogP contribution in [0.3, 0.4) is 0 Å². The molecule has 1 N–H and O–H groups in total. The fourth-order valence-electron chi connectivity index (χ4n) is 1.48. The number of nitrogens with zero attached hydrogens (tertiary/aromatic N) is 1. The normalized spacial score (nSPS) is 11.4. The zero-order valence-corrected chi connectivity index (χ0v) is 11.8. The van der Waals surface area contributed by atoms with Crippen LogP contribution in [0, 0.1) is 6.92 Å². The molecule has 0 saturated heterocycles. The van der Waals surface area contributed by atoms with E-state index in [1.807, 2.05) is 26.0 Å². The van der Waals surface area contributed by atoms with E-state index in [1.54, 1.807) is 17.5 Å². The van der Waals surface area contributed by atoms with E-state index >= 15 is 0 Å². The van der Waals surface area contributed by atoms with E-state index in [0.717, 1.165) is 17.7 Å². The third kappa shape index (κ3) is 2.88. The van der Waals surface area contributed by atoms with Crippen molar-refractivity contribution in [2.24, 2.45) is 0 Å². The van der Waals surface area contributed by atoms with Crippen LogP contribution in [0.5, 0.6) is 0 Å². The molecule has 0 saturated carbocycles. The number of sulfonamides is 1. The van der Waals surface area contributed by atoms with Gasteiger partial charge in [-0.15, -0.1) is 11.3 Å². The molecular weight excluding hydrogens is 268 g/mol. The number of thiazole rings is 1. The van der Waals surface area contributed by atoms with Gasteiger partial charge >= 0.3 is 0 Å². The maximum absolute atomic E-state index is 12.1. The first-order valence-corrected chi connectivity index (χ1v) is 7.91. The maximum atomic E-state index is 12.1. The molecule has 18 heavy (non-hydrogen) atoms. The molecule has 4 nitrogen and oxygen atoms in total. The number of hydrogen-bond acceptors (Lipinski definition) is 4. The molecule has 2 aromatic rings. The van der Waals surface area contributed by atoms with Crippen LogP contribution in [-0.2, 0) is 16.4 Å². The lowest BCUT2D eigenvalue weighted by atomic mass is 10.2. The van der Waals surface area contributed by atoms with Crippen LogP contribution in [0.4, 0.5) is 5.13 Å². The Morgan fingerprint density at radius 1 is 1.28 bits per heavy atom. The summed E-state index contributed by atoms with van der Waals surface area (Å²) in [7, 11) is -3.53. The molecule has 0 aliphatic rings. The molecule has 0 amide bonds. The fraction of sp³-hybridized carbons (Fsp3) is 0.250. The van der Waals surface area contributed by atoms with Gasteiger partial charge in [-0.3, -0.25) is 4.72 Å². The zero-order valence-electron chi connectivity index (χ0n) is 10.2. The van der Waals surface area contributed by atoms with Gasteiger partial charge in [0.25, 0.3) is 10.0 Å². The van der Waals surface area contributed by atoms with Crippen molar-refractivity contribution in [2.45, 2.75) is 25.2 Å². The summed E-state index contributed by atoms with van der Waals surface area (Å²) in [5.74, 6) is 0. The second kappa shape index (κ2) is 5.07. The number of hydrogen-bond donors (Lipinski definition) is 1. The van der Waals surface area contributed by atoms with Gasteiger partial charge in [-0.2, -0.15) is 0 Å². The molecule has 0 aliphatic heterocycles. The summed E-state index contributed by atoms with van der Waals surface area (Å²) in [5.41, 5.74) is 1.91. The van der Waals surface area contributed by atoms with Crippen molar-refractivity contribution in [3.63, 3.8) is 0 Å². The summed E-state index contributed by atoms with van der Waals surface area (Å²) in [5, 5.41) is 2.20. The third-order valence-electron chi connectivity index (χ3n) is 2.48. The minimum absolute atomic E-state index is 0.257. The average molecular weight is 282 g/mol. The van der Waals surface area contributed by atoms with E-state index < -0.39 is 10.0 Å². The highest BCUT2D eigenvalue weighted by atomic mass is 32.2. The number of rotatable bonds is 4. The Bertz CT molecular complexity index is 630. The van der Waals surface area contributed by atoms with Gasteiger partial charge < -0.3 is 0 Å². The summed E-state index contributed by atoms with van der Waals surface area (Å²) in [6.07, 6.45) is 0.888. The van der Waals surface area contributed by atoms with Crippen molar-refractivity contribution in [2.75, 3.05) is 4.72 Å². The summed E-state index contributed by atoms with van der Waals surface area (Å²) < 4.78 is 26.6. The standard InChI is InChI=1S/C12H14N2O2S2/c1-3-10-4-6-11(7-5-10)18(15,16)14-12-13-9(2)8-17-12/h4-8H,3H2,1-2H3,(H,13,14). The molecule has 96 valence electrons. The largest absolute Gasteiger partial charge is 0.263 e. The molecule has 0 aliphatic carbocycles. The predicted octanol–water partition coefficient (Wildman–Crippen LogP) is 2.81. The van der Waals surface area contributed by atoms with Crippen LogP contribution >= 0.6 is 11.3 Å². The van der Waals surface area contributed by atoms with Crippen LogP contribution in [0.1, 0.15) is 18.2 Å². The maximum Gasteiger partial charge on any atom is 0.263 e. The summed E-state index contributed by atoms with van der Waals surface area (Å²) in [6.45, 7) is 3.85. The Kier molecular flexibility index (Phi) is 3.68. The van der Waals surface area contributed by atoms with Crippen molar-refractivity contribution in [3.8, 4) is 0 Å². The number of aryl methyl sites for hydroxylation is 2. The lowest BCUT2D eigenvalue weighted by Gasteiger charge is -2.05. The minimum Gasteiger partial charge on any atom is -0.255 e. The van der Waals surface area contributed by atoms with E-state index in [1.165, 1.54) is 11.3 Å². The second-order valence-corrected chi connectivity index (χ2v) is 6.44. The molecular formula is C12H14N2O2S2. The van der Waals surface area contributed by atoms with Gasteiger partial charge in [-0.25, -0.2) is 13.4 Å². The number of nitrogens with one attached hydrogen (secondary N) is 1. The lowest BCUT2D eigenvalue weighted by Crippen LogP contribution is -2.12. The van der Waals surface area contributed by atoms with Crippen LogP contribution in [0.2, 0.25) is 0 Å². The summed E-state index contributed by atoms with van der Waals surface area (Å²) in [6, 6.07) is 6.87. The Morgan fingerprint density at radius 2 is 1.94 bits per heavy atom. The molecule has 1 aromatic heterocycles. The third-order valence-corrected chi connectivity index (χ3v) is 4.84. The van der Waals surface area contributed by atoms with E-state index in [2.05, 4.69) is 9.71 Å². The number of benzene rings is 1. The lowest BCUT2D eigenvalue weighted by molar-refractivity contribution is 0.601. The molecule has 0 unspecified atom stereocenters. The first-order chi connectivity index (χ1) is 8.51. The van der Waals surface area contributed by atoms with Gasteiger partial charge in [0.05, 0.1) is 10.6 Å². The zero-order chi connectivity index (χ0) is 13.2. The molecule has 0 spiro atoms.